The second-order valence-electron chi connectivity index (χ2n) is 5.23. The van der Waals surface area contributed by atoms with Crippen molar-refractivity contribution in [1.29, 1.82) is 0 Å². The average molecular weight is 283 g/mol. The molecule has 0 fully saturated rings. The third-order valence-electron chi connectivity index (χ3n) is 3.29. The van der Waals surface area contributed by atoms with Gasteiger partial charge in [0, 0.05) is 5.69 Å². The van der Waals surface area contributed by atoms with E-state index in [1.165, 1.54) is 0 Å². The van der Waals surface area contributed by atoms with E-state index in [4.69, 9.17) is 9.47 Å². The maximum atomic E-state index is 12.3. The van der Waals surface area contributed by atoms with E-state index >= 15 is 0 Å². The van der Waals surface area contributed by atoms with Gasteiger partial charge in [-0.2, -0.15) is 0 Å². The molecule has 0 radical (unpaired) electrons. The van der Waals surface area contributed by atoms with Crippen LogP contribution in [0.2, 0.25) is 0 Å². The number of aryl methyl sites for hydroxylation is 2. The fourth-order valence-electron chi connectivity index (χ4n) is 2.42. The summed E-state index contributed by atoms with van der Waals surface area (Å²) in [6.45, 7) is 4.21. The minimum absolute atomic E-state index is 0.200. The Morgan fingerprint density at radius 1 is 1.10 bits per heavy atom. The Morgan fingerprint density at radius 3 is 2.48 bits per heavy atom. The van der Waals surface area contributed by atoms with E-state index < -0.39 is 6.10 Å². The lowest BCUT2D eigenvalue weighted by Crippen LogP contribution is -2.40. The van der Waals surface area contributed by atoms with Crippen LogP contribution in [0.1, 0.15) is 11.1 Å². The largest absolute Gasteiger partial charge is 0.485 e. The molecule has 108 valence electrons. The molecule has 1 N–H and O–H groups in total. The van der Waals surface area contributed by atoms with Gasteiger partial charge in [-0.05, 0) is 49.2 Å². The predicted molar refractivity (Wildman–Crippen MR) is 80.9 cm³/mol. The van der Waals surface area contributed by atoms with Gasteiger partial charge in [0.15, 0.2) is 11.5 Å². The number of rotatable bonds is 2. The van der Waals surface area contributed by atoms with Crippen LogP contribution in [-0.4, -0.2) is 18.6 Å². The van der Waals surface area contributed by atoms with Gasteiger partial charge in [-0.15, -0.1) is 0 Å². The van der Waals surface area contributed by atoms with Crippen molar-refractivity contribution in [3.63, 3.8) is 0 Å². The molecule has 1 atom stereocenters. The first-order valence-corrected chi connectivity index (χ1v) is 6.89. The molecule has 2 aromatic carbocycles. The normalized spacial score (nSPS) is 16.4. The van der Waals surface area contributed by atoms with E-state index in [2.05, 4.69) is 11.4 Å². The molecule has 2 aromatic rings. The quantitative estimate of drug-likeness (QED) is 0.921. The van der Waals surface area contributed by atoms with Crippen LogP contribution in [-0.2, 0) is 4.79 Å². The van der Waals surface area contributed by atoms with Crippen molar-refractivity contribution in [3.05, 3.63) is 53.6 Å². The van der Waals surface area contributed by atoms with E-state index in [0.717, 1.165) is 16.8 Å². The first kappa shape index (κ1) is 13.5. The second kappa shape index (κ2) is 5.48. The van der Waals surface area contributed by atoms with Crippen molar-refractivity contribution in [2.45, 2.75) is 20.0 Å². The molecule has 0 aliphatic carbocycles. The highest BCUT2D eigenvalue weighted by molar-refractivity contribution is 5.94. The van der Waals surface area contributed by atoms with E-state index in [0.29, 0.717) is 11.5 Å². The molecule has 0 bridgehead atoms. The van der Waals surface area contributed by atoms with E-state index in [1.807, 2.05) is 44.2 Å². The van der Waals surface area contributed by atoms with Crippen LogP contribution in [0.25, 0.3) is 0 Å². The highest BCUT2D eigenvalue weighted by atomic mass is 16.6. The molecule has 1 aliphatic heterocycles. The van der Waals surface area contributed by atoms with Gasteiger partial charge in [-0.3, -0.25) is 4.79 Å². The number of hydrogen-bond acceptors (Lipinski definition) is 3. The van der Waals surface area contributed by atoms with Crippen LogP contribution in [0.15, 0.2) is 42.5 Å². The summed E-state index contributed by atoms with van der Waals surface area (Å²) in [5, 5.41) is 2.88. The number of carbonyl (C=O) groups excluding carboxylic acids is 1. The highest BCUT2D eigenvalue weighted by Crippen LogP contribution is 2.31. The monoisotopic (exact) mass is 283 g/mol. The summed E-state index contributed by atoms with van der Waals surface area (Å²) in [5.74, 6) is 1.08. The molecular formula is C17H17NO3. The van der Waals surface area contributed by atoms with E-state index in [9.17, 15) is 4.79 Å². The van der Waals surface area contributed by atoms with Gasteiger partial charge in [0.2, 0.25) is 6.10 Å². The molecule has 0 aromatic heterocycles. The van der Waals surface area contributed by atoms with Crippen LogP contribution >= 0.6 is 0 Å². The van der Waals surface area contributed by atoms with Crippen LogP contribution in [0.3, 0.4) is 0 Å². The lowest BCUT2D eigenvalue weighted by atomic mass is 10.1. The first-order chi connectivity index (χ1) is 10.1. The third kappa shape index (κ3) is 2.99. The minimum atomic E-state index is -0.638. The van der Waals surface area contributed by atoms with E-state index in [1.54, 1.807) is 6.07 Å². The van der Waals surface area contributed by atoms with Gasteiger partial charge in [0.25, 0.3) is 5.91 Å². The van der Waals surface area contributed by atoms with Gasteiger partial charge in [0.1, 0.15) is 6.61 Å². The Morgan fingerprint density at radius 2 is 1.76 bits per heavy atom. The second-order valence-corrected chi connectivity index (χ2v) is 5.23. The van der Waals surface area contributed by atoms with Gasteiger partial charge < -0.3 is 14.8 Å². The number of benzene rings is 2. The summed E-state index contributed by atoms with van der Waals surface area (Å²) in [6.07, 6.45) is -0.638. The maximum Gasteiger partial charge on any atom is 0.269 e. The predicted octanol–water partition coefficient (Wildman–Crippen LogP) is 3.08. The Labute approximate surface area is 123 Å². The topological polar surface area (TPSA) is 47.6 Å². The highest BCUT2D eigenvalue weighted by Gasteiger charge is 2.27. The summed E-state index contributed by atoms with van der Waals surface area (Å²) < 4.78 is 11.2. The molecule has 0 saturated carbocycles. The SMILES string of the molecule is Cc1cc(C)cc(NC(=O)[C@@H]2COc3ccccc3O2)c1. The fraction of sp³-hybridized carbons (Fsp3) is 0.235. The average Bonchev–Trinajstić information content (AvgIpc) is 2.45. The number of ether oxygens (including phenoxy) is 2. The van der Waals surface area contributed by atoms with E-state index in [-0.39, 0.29) is 12.5 Å². The van der Waals surface area contributed by atoms with Gasteiger partial charge >= 0.3 is 0 Å². The van der Waals surface area contributed by atoms with Gasteiger partial charge in [-0.1, -0.05) is 18.2 Å². The number of hydrogen-bond donors (Lipinski definition) is 1. The molecule has 0 saturated heterocycles. The summed E-state index contributed by atoms with van der Waals surface area (Å²) in [5.41, 5.74) is 2.99. The van der Waals surface area contributed by atoms with Crippen molar-refractivity contribution < 1.29 is 14.3 Å². The van der Waals surface area contributed by atoms with Gasteiger partial charge in [-0.25, -0.2) is 0 Å². The standard InChI is InChI=1S/C17H17NO3/c1-11-7-12(2)9-13(8-11)18-17(19)16-10-20-14-5-3-4-6-15(14)21-16/h3-9,16H,10H2,1-2H3,(H,18,19)/t16-/m0/s1. The van der Waals surface area contributed by atoms with Crippen molar-refractivity contribution in [2.24, 2.45) is 0 Å². The first-order valence-electron chi connectivity index (χ1n) is 6.89. The number of para-hydroxylation sites is 2. The van der Waals surface area contributed by atoms with Crippen LogP contribution in [0, 0.1) is 13.8 Å². The Kier molecular flexibility index (Phi) is 3.52. The van der Waals surface area contributed by atoms with Crippen molar-refractivity contribution >= 4 is 11.6 Å². The number of anilines is 1. The Bertz CT molecular complexity index is 661. The lowest BCUT2D eigenvalue weighted by molar-refractivity contribution is -0.125. The fourth-order valence-corrected chi connectivity index (χ4v) is 2.42. The molecule has 1 aliphatic rings. The Hall–Kier alpha value is -2.49. The Balaban J connectivity index is 1.72. The molecule has 21 heavy (non-hydrogen) atoms. The zero-order valence-corrected chi connectivity index (χ0v) is 12.1. The van der Waals surface area contributed by atoms with Crippen molar-refractivity contribution in [2.75, 3.05) is 11.9 Å². The molecular weight excluding hydrogens is 266 g/mol. The van der Waals surface area contributed by atoms with Crippen LogP contribution in [0.4, 0.5) is 5.69 Å². The summed E-state index contributed by atoms with van der Waals surface area (Å²) in [4.78, 5) is 12.3. The third-order valence-corrected chi connectivity index (χ3v) is 3.29. The number of fused-ring (bicyclic) bond motifs is 1. The summed E-state index contributed by atoms with van der Waals surface area (Å²) >= 11 is 0. The lowest BCUT2D eigenvalue weighted by Gasteiger charge is -2.25. The molecule has 1 heterocycles. The summed E-state index contributed by atoms with van der Waals surface area (Å²) in [7, 11) is 0. The minimum Gasteiger partial charge on any atom is -0.485 e. The molecule has 4 heteroatoms. The zero-order chi connectivity index (χ0) is 14.8. The molecule has 1 amide bonds. The number of carbonyl (C=O) groups is 1. The number of amides is 1. The van der Waals surface area contributed by atoms with Crippen molar-refractivity contribution in [3.8, 4) is 11.5 Å². The molecule has 3 rings (SSSR count). The molecule has 4 nitrogen and oxygen atoms in total. The summed E-state index contributed by atoms with van der Waals surface area (Å²) in [6, 6.07) is 13.3. The zero-order valence-electron chi connectivity index (χ0n) is 12.1. The van der Waals surface area contributed by atoms with Crippen molar-refractivity contribution in [1.82, 2.24) is 0 Å². The van der Waals surface area contributed by atoms with Gasteiger partial charge in [0.05, 0.1) is 0 Å². The molecule has 0 spiro atoms. The van der Waals surface area contributed by atoms with Crippen LogP contribution < -0.4 is 14.8 Å². The smallest absolute Gasteiger partial charge is 0.269 e. The van der Waals surface area contributed by atoms with Crippen LogP contribution in [0.5, 0.6) is 11.5 Å². The molecule has 0 unspecified atom stereocenters. The maximum absolute atomic E-state index is 12.3. The number of nitrogens with one attached hydrogen (secondary N) is 1.